The lowest BCUT2D eigenvalue weighted by Gasteiger charge is -2.26. The molecule has 0 fully saturated rings. The summed E-state index contributed by atoms with van der Waals surface area (Å²) >= 11 is 1.50. The number of carbonyl (C=O) groups excluding carboxylic acids is 2. The standard InChI is InChI=1S/C22H28FN3O4S2/c1-3-26(16-21(27)24-15-17-9-11-18(23)12-10-17)22(28)20(13-14-31-2)25-32(29,30)19-7-5-4-6-8-19/h4-12,20,25H,3,13-16H2,1-2H3,(H,24,27). The minimum atomic E-state index is -3.89. The Morgan fingerprint density at radius 3 is 2.34 bits per heavy atom. The first kappa shape index (κ1) is 25.8. The molecule has 1 atom stereocenters. The molecule has 1 unspecified atom stereocenters. The molecule has 0 aliphatic carbocycles. The van der Waals surface area contributed by atoms with Crippen LogP contribution in [0.1, 0.15) is 18.9 Å². The zero-order chi connectivity index (χ0) is 23.6. The van der Waals surface area contributed by atoms with Crippen molar-refractivity contribution in [2.45, 2.75) is 30.8 Å². The zero-order valence-corrected chi connectivity index (χ0v) is 19.7. The van der Waals surface area contributed by atoms with Crippen LogP contribution in [0.4, 0.5) is 4.39 Å². The Morgan fingerprint density at radius 2 is 1.75 bits per heavy atom. The number of nitrogens with zero attached hydrogens (tertiary/aromatic N) is 1. The van der Waals surface area contributed by atoms with Crippen molar-refractivity contribution in [1.82, 2.24) is 14.9 Å². The molecule has 2 N–H and O–H groups in total. The van der Waals surface area contributed by atoms with Crippen LogP contribution in [0.3, 0.4) is 0 Å². The second-order valence-electron chi connectivity index (χ2n) is 7.02. The van der Waals surface area contributed by atoms with Crippen LogP contribution in [0, 0.1) is 5.82 Å². The Bertz CT molecular complexity index is 986. The first-order valence-corrected chi connectivity index (χ1v) is 13.0. The highest BCUT2D eigenvalue weighted by Gasteiger charge is 2.29. The highest BCUT2D eigenvalue weighted by molar-refractivity contribution is 7.98. The lowest BCUT2D eigenvalue weighted by Crippen LogP contribution is -2.51. The summed E-state index contributed by atoms with van der Waals surface area (Å²) in [5.74, 6) is -0.642. The summed E-state index contributed by atoms with van der Waals surface area (Å²) in [7, 11) is -3.89. The van der Waals surface area contributed by atoms with Crippen molar-refractivity contribution in [2.24, 2.45) is 0 Å². The Kier molecular flexibility index (Phi) is 10.1. The van der Waals surface area contributed by atoms with E-state index < -0.39 is 22.0 Å². The largest absolute Gasteiger partial charge is 0.350 e. The molecule has 2 rings (SSSR count). The Hall–Kier alpha value is -2.43. The molecule has 0 saturated carbocycles. The quantitative estimate of drug-likeness (QED) is 0.485. The van der Waals surface area contributed by atoms with Gasteiger partial charge in [0.1, 0.15) is 11.9 Å². The predicted molar refractivity (Wildman–Crippen MR) is 124 cm³/mol. The molecular formula is C22H28FN3O4S2. The van der Waals surface area contributed by atoms with E-state index in [1.165, 1.54) is 40.9 Å². The number of amides is 2. The lowest BCUT2D eigenvalue weighted by atomic mass is 10.2. The van der Waals surface area contributed by atoms with Gasteiger partial charge in [0.25, 0.3) is 0 Å². The highest BCUT2D eigenvalue weighted by atomic mass is 32.2. The van der Waals surface area contributed by atoms with E-state index >= 15 is 0 Å². The monoisotopic (exact) mass is 481 g/mol. The van der Waals surface area contributed by atoms with Gasteiger partial charge in [0, 0.05) is 13.1 Å². The van der Waals surface area contributed by atoms with Gasteiger partial charge in [-0.2, -0.15) is 16.5 Å². The summed E-state index contributed by atoms with van der Waals surface area (Å²) < 4.78 is 41.0. The fourth-order valence-corrected chi connectivity index (χ4v) is 4.64. The first-order chi connectivity index (χ1) is 15.3. The van der Waals surface area contributed by atoms with Crippen LogP contribution in [0.15, 0.2) is 59.5 Å². The number of thioether (sulfide) groups is 1. The summed E-state index contributed by atoms with van der Waals surface area (Å²) in [5.41, 5.74) is 0.725. The molecule has 0 spiro atoms. The number of benzene rings is 2. The van der Waals surface area contributed by atoms with E-state index in [9.17, 15) is 22.4 Å². The molecule has 174 valence electrons. The fraction of sp³-hybridized carbons (Fsp3) is 0.364. The van der Waals surface area contributed by atoms with Crippen LogP contribution in [0.2, 0.25) is 0 Å². The molecule has 10 heteroatoms. The van der Waals surface area contributed by atoms with Crippen molar-refractivity contribution < 1.29 is 22.4 Å². The molecule has 32 heavy (non-hydrogen) atoms. The van der Waals surface area contributed by atoms with E-state index in [0.29, 0.717) is 12.2 Å². The molecule has 7 nitrogen and oxygen atoms in total. The van der Waals surface area contributed by atoms with Crippen molar-refractivity contribution in [3.8, 4) is 0 Å². The molecule has 0 radical (unpaired) electrons. The topological polar surface area (TPSA) is 95.6 Å². The Labute approximate surface area is 192 Å². The summed E-state index contributed by atoms with van der Waals surface area (Å²) in [6.07, 6.45) is 2.16. The minimum Gasteiger partial charge on any atom is -0.350 e. The maximum Gasteiger partial charge on any atom is 0.241 e. The average Bonchev–Trinajstić information content (AvgIpc) is 2.80. The van der Waals surface area contributed by atoms with Crippen LogP contribution in [-0.4, -0.2) is 56.3 Å². The SMILES string of the molecule is CCN(CC(=O)NCc1ccc(F)cc1)C(=O)C(CCSC)NS(=O)(=O)c1ccccc1. The molecular weight excluding hydrogens is 453 g/mol. The molecule has 2 aromatic carbocycles. The fourth-order valence-electron chi connectivity index (χ4n) is 2.92. The Balaban J connectivity index is 2.05. The zero-order valence-electron chi connectivity index (χ0n) is 18.1. The summed E-state index contributed by atoms with van der Waals surface area (Å²) in [6, 6.07) is 12.6. The summed E-state index contributed by atoms with van der Waals surface area (Å²) in [6.45, 7) is 1.95. The van der Waals surface area contributed by atoms with Gasteiger partial charge in [-0.1, -0.05) is 30.3 Å². The van der Waals surface area contributed by atoms with Gasteiger partial charge in [0.15, 0.2) is 0 Å². The van der Waals surface area contributed by atoms with E-state index in [-0.39, 0.29) is 36.3 Å². The van der Waals surface area contributed by atoms with E-state index in [1.807, 2.05) is 6.26 Å². The van der Waals surface area contributed by atoms with Gasteiger partial charge in [-0.15, -0.1) is 0 Å². The smallest absolute Gasteiger partial charge is 0.241 e. The third kappa shape index (κ3) is 7.92. The van der Waals surface area contributed by atoms with Gasteiger partial charge in [0.2, 0.25) is 21.8 Å². The number of rotatable bonds is 12. The van der Waals surface area contributed by atoms with Gasteiger partial charge in [-0.05, 0) is 55.2 Å². The van der Waals surface area contributed by atoms with Gasteiger partial charge in [-0.25, -0.2) is 12.8 Å². The van der Waals surface area contributed by atoms with Crippen LogP contribution in [0.25, 0.3) is 0 Å². The highest BCUT2D eigenvalue weighted by Crippen LogP contribution is 2.12. The van der Waals surface area contributed by atoms with Crippen LogP contribution in [0.5, 0.6) is 0 Å². The number of hydrogen-bond acceptors (Lipinski definition) is 5. The number of halogens is 1. The van der Waals surface area contributed by atoms with Gasteiger partial charge >= 0.3 is 0 Å². The van der Waals surface area contributed by atoms with Crippen molar-refractivity contribution in [1.29, 1.82) is 0 Å². The number of likely N-dealkylation sites (N-methyl/N-ethyl adjacent to an activating group) is 1. The maximum absolute atomic E-state index is 13.1. The van der Waals surface area contributed by atoms with E-state index in [1.54, 1.807) is 37.3 Å². The third-order valence-corrected chi connectivity index (χ3v) is 6.82. The van der Waals surface area contributed by atoms with Crippen molar-refractivity contribution in [3.05, 3.63) is 66.0 Å². The average molecular weight is 482 g/mol. The number of carbonyl (C=O) groups is 2. The molecule has 0 saturated heterocycles. The number of nitrogens with one attached hydrogen (secondary N) is 2. The van der Waals surface area contributed by atoms with E-state index in [2.05, 4.69) is 10.0 Å². The molecule has 2 aromatic rings. The van der Waals surface area contributed by atoms with Crippen LogP contribution in [-0.2, 0) is 26.2 Å². The van der Waals surface area contributed by atoms with Crippen molar-refractivity contribution >= 4 is 33.6 Å². The number of sulfonamides is 1. The first-order valence-electron chi connectivity index (χ1n) is 10.1. The molecule has 0 bridgehead atoms. The minimum absolute atomic E-state index is 0.0713. The van der Waals surface area contributed by atoms with Crippen LogP contribution < -0.4 is 10.0 Å². The summed E-state index contributed by atoms with van der Waals surface area (Å²) in [4.78, 5) is 26.9. The molecule has 0 heterocycles. The third-order valence-electron chi connectivity index (χ3n) is 4.69. The van der Waals surface area contributed by atoms with E-state index in [0.717, 1.165) is 5.56 Å². The van der Waals surface area contributed by atoms with Crippen molar-refractivity contribution in [2.75, 3.05) is 25.1 Å². The Morgan fingerprint density at radius 1 is 1.09 bits per heavy atom. The lowest BCUT2D eigenvalue weighted by molar-refractivity contribution is -0.137. The molecule has 0 aliphatic heterocycles. The normalized spacial score (nSPS) is 12.2. The van der Waals surface area contributed by atoms with Gasteiger partial charge in [0.05, 0.1) is 11.4 Å². The summed E-state index contributed by atoms with van der Waals surface area (Å²) in [5, 5.41) is 2.70. The van der Waals surface area contributed by atoms with E-state index in [4.69, 9.17) is 0 Å². The van der Waals surface area contributed by atoms with Gasteiger partial charge in [-0.3, -0.25) is 9.59 Å². The molecule has 0 aliphatic rings. The van der Waals surface area contributed by atoms with Crippen molar-refractivity contribution in [3.63, 3.8) is 0 Å². The van der Waals surface area contributed by atoms with Crippen LogP contribution >= 0.6 is 11.8 Å². The second-order valence-corrected chi connectivity index (χ2v) is 9.72. The second kappa shape index (κ2) is 12.6. The number of hydrogen-bond donors (Lipinski definition) is 2. The predicted octanol–water partition coefficient (Wildman–Crippen LogP) is 2.39. The van der Waals surface area contributed by atoms with Gasteiger partial charge < -0.3 is 10.2 Å². The molecule has 2 amide bonds. The maximum atomic E-state index is 13.1. The molecule has 0 aromatic heterocycles.